The van der Waals surface area contributed by atoms with E-state index in [1.807, 2.05) is 0 Å². The third-order valence-corrected chi connectivity index (χ3v) is 6.01. The summed E-state index contributed by atoms with van der Waals surface area (Å²) in [7, 11) is 0. The molecule has 1 N–H and O–H groups in total. The van der Waals surface area contributed by atoms with E-state index in [4.69, 9.17) is 0 Å². The maximum atomic E-state index is 12.6. The summed E-state index contributed by atoms with van der Waals surface area (Å²) in [4.78, 5) is 15.0. The monoisotopic (exact) mass is 328 g/mol. The first-order valence-electron chi connectivity index (χ1n) is 9.84. The van der Waals surface area contributed by atoms with Crippen LogP contribution in [0.5, 0.6) is 0 Å². The van der Waals surface area contributed by atoms with Crippen molar-refractivity contribution in [1.29, 1.82) is 0 Å². The van der Waals surface area contributed by atoms with Crippen LogP contribution in [0.25, 0.3) is 0 Å². The van der Waals surface area contributed by atoms with Crippen molar-refractivity contribution in [2.24, 2.45) is 11.8 Å². The number of piperidine rings is 1. The van der Waals surface area contributed by atoms with E-state index in [0.29, 0.717) is 6.54 Å². The molecule has 0 spiro atoms. The molecule has 0 radical (unpaired) electrons. The number of rotatable bonds is 5. The van der Waals surface area contributed by atoms with Gasteiger partial charge in [0.25, 0.3) is 0 Å². The van der Waals surface area contributed by atoms with E-state index in [1.165, 1.54) is 43.2 Å². The number of carbonyl (C=O) groups excluding carboxylic acids is 1. The molecule has 3 rings (SSSR count). The number of para-hydroxylation sites is 1. The van der Waals surface area contributed by atoms with E-state index in [2.05, 4.69) is 42.3 Å². The van der Waals surface area contributed by atoms with Gasteiger partial charge in [0.15, 0.2) is 0 Å². The predicted octanol–water partition coefficient (Wildman–Crippen LogP) is 4.26. The van der Waals surface area contributed by atoms with Crippen molar-refractivity contribution in [3.05, 3.63) is 29.3 Å². The Kier molecular flexibility index (Phi) is 5.94. The van der Waals surface area contributed by atoms with Crippen molar-refractivity contribution in [3.63, 3.8) is 0 Å². The number of benzene rings is 1. The highest BCUT2D eigenvalue weighted by Crippen LogP contribution is 2.36. The lowest BCUT2D eigenvalue weighted by atomic mass is 9.75. The fourth-order valence-corrected chi connectivity index (χ4v) is 4.60. The number of aryl methyl sites for hydroxylation is 2. The molecule has 0 bridgehead atoms. The van der Waals surface area contributed by atoms with Gasteiger partial charge in [-0.2, -0.15) is 0 Å². The van der Waals surface area contributed by atoms with Crippen LogP contribution in [0.1, 0.15) is 57.1 Å². The first-order valence-corrected chi connectivity index (χ1v) is 9.84. The second-order valence-electron chi connectivity index (χ2n) is 7.53. The SMILES string of the molecule is CCc1cccc(CC)c1NC(=O)CN1CC[C@@H]2CCCC[C@@H]2C1. The molecule has 132 valence electrons. The van der Waals surface area contributed by atoms with Gasteiger partial charge in [-0.25, -0.2) is 0 Å². The van der Waals surface area contributed by atoms with Crippen LogP contribution in [-0.2, 0) is 17.6 Å². The molecule has 3 nitrogen and oxygen atoms in total. The smallest absolute Gasteiger partial charge is 0.238 e. The Morgan fingerprint density at radius 3 is 2.42 bits per heavy atom. The molecule has 0 aromatic heterocycles. The number of carbonyl (C=O) groups is 1. The van der Waals surface area contributed by atoms with Gasteiger partial charge in [-0.15, -0.1) is 0 Å². The molecule has 1 amide bonds. The van der Waals surface area contributed by atoms with Gasteiger partial charge in [-0.1, -0.05) is 51.3 Å². The average Bonchev–Trinajstić information content (AvgIpc) is 2.61. The van der Waals surface area contributed by atoms with E-state index in [-0.39, 0.29) is 5.91 Å². The van der Waals surface area contributed by atoms with Crippen molar-refractivity contribution in [3.8, 4) is 0 Å². The Labute approximate surface area is 146 Å². The third-order valence-electron chi connectivity index (χ3n) is 6.01. The Balaban J connectivity index is 1.60. The number of nitrogens with one attached hydrogen (secondary N) is 1. The zero-order valence-electron chi connectivity index (χ0n) is 15.3. The second kappa shape index (κ2) is 8.15. The van der Waals surface area contributed by atoms with E-state index < -0.39 is 0 Å². The Morgan fingerprint density at radius 2 is 1.75 bits per heavy atom. The molecule has 1 saturated heterocycles. The Bertz CT molecular complexity index is 547. The lowest BCUT2D eigenvalue weighted by Gasteiger charge is -2.41. The lowest BCUT2D eigenvalue weighted by molar-refractivity contribution is -0.118. The van der Waals surface area contributed by atoms with Gasteiger partial charge in [0.05, 0.1) is 6.54 Å². The third kappa shape index (κ3) is 4.00. The molecular weight excluding hydrogens is 296 g/mol. The molecule has 24 heavy (non-hydrogen) atoms. The molecule has 2 aliphatic rings. The molecule has 1 saturated carbocycles. The number of anilines is 1. The van der Waals surface area contributed by atoms with Crippen LogP contribution in [0.3, 0.4) is 0 Å². The van der Waals surface area contributed by atoms with Crippen molar-refractivity contribution in [2.75, 3.05) is 25.0 Å². The molecule has 1 aliphatic heterocycles. The summed E-state index contributed by atoms with van der Waals surface area (Å²) in [5, 5.41) is 3.22. The van der Waals surface area contributed by atoms with Gasteiger partial charge < -0.3 is 5.32 Å². The van der Waals surface area contributed by atoms with Crippen LogP contribution in [0.15, 0.2) is 18.2 Å². The van der Waals surface area contributed by atoms with E-state index in [1.54, 1.807) is 0 Å². The van der Waals surface area contributed by atoms with Gasteiger partial charge in [-0.05, 0) is 55.2 Å². The normalized spacial score (nSPS) is 24.4. The summed E-state index contributed by atoms with van der Waals surface area (Å²) < 4.78 is 0. The van der Waals surface area contributed by atoms with Crippen LogP contribution >= 0.6 is 0 Å². The molecule has 2 fully saturated rings. The van der Waals surface area contributed by atoms with Gasteiger partial charge in [0.1, 0.15) is 0 Å². The van der Waals surface area contributed by atoms with Crippen molar-refractivity contribution in [2.45, 2.75) is 58.8 Å². The summed E-state index contributed by atoms with van der Waals surface area (Å²) in [6.07, 6.45) is 8.76. The van der Waals surface area contributed by atoms with Gasteiger partial charge in [0.2, 0.25) is 5.91 Å². The molecule has 1 aliphatic carbocycles. The fraction of sp³-hybridized carbons (Fsp3) is 0.667. The molecule has 1 heterocycles. The second-order valence-corrected chi connectivity index (χ2v) is 7.53. The van der Waals surface area contributed by atoms with Gasteiger partial charge >= 0.3 is 0 Å². The van der Waals surface area contributed by atoms with Gasteiger partial charge in [0, 0.05) is 12.2 Å². The zero-order valence-corrected chi connectivity index (χ0v) is 15.3. The number of nitrogens with zero attached hydrogens (tertiary/aromatic N) is 1. The highest BCUT2D eigenvalue weighted by Gasteiger charge is 2.31. The number of hydrogen-bond donors (Lipinski definition) is 1. The first-order chi connectivity index (χ1) is 11.7. The molecule has 1 aromatic carbocycles. The van der Waals surface area contributed by atoms with Crippen LogP contribution in [0.2, 0.25) is 0 Å². The summed E-state index contributed by atoms with van der Waals surface area (Å²) >= 11 is 0. The van der Waals surface area contributed by atoms with Crippen molar-refractivity contribution >= 4 is 11.6 Å². The van der Waals surface area contributed by atoms with Crippen LogP contribution in [-0.4, -0.2) is 30.4 Å². The van der Waals surface area contributed by atoms with Crippen LogP contribution < -0.4 is 5.32 Å². The highest BCUT2D eigenvalue weighted by molar-refractivity contribution is 5.93. The lowest BCUT2D eigenvalue weighted by Crippen LogP contribution is -2.44. The number of amides is 1. The molecular formula is C21H32N2O. The topological polar surface area (TPSA) is 32.3 Å². The summed E-state index contributed by atoms with van der Waals surface area (Å²) in [5.41, 5.74) is 3.54. The quantitative estimate of drug-likeness (QED) is 0.876. The molecule has 1 aromatic rings. The number of likely N-dealkylation sites (tertiary alicyclic amines) is 1. The maximum absolute atomic E-state index is 12.6. The Morgan fingerprint density at radius 1 is 1.08 bits per heavy atom. The summed E-state index contributed by atoms with van der Waals surface area (Å²) in [5.74, 6) is 1.90. The van der Waals surface area contributed by atoms with Crippen molar-refractivity contribution < 1.29 is 4.79 Å². The van der Waals surface area contributed by atoms with E-state index >= 15 is 0 Å². The fourth-order valence-electron chi connectivity index (χ4n) is 4.60. The highest BCUT2D eigenvalue weighted by atomic mass is 16.2. The average molecular weight is 329 g/mol. The first kappa shape index (κ1) is 17.5. The number of fused-ring (bicyclic) bond motifs is 1. The minimum atomic E-state index is 0.153. The molecule has 2 atom stereocenters. The van der Waals surface area contributed by atoms with E-state index in [0.717, 1.165) is 43.5 Å². The van der Waals surface area contributed by atoms with E-state index in [9.17, 15) is 4.79 Å². The van der Waals surface area contributed by atoms with Crippen LogP contribution in [0.4, 0.5) is 5.69 Å². The summed E-state index contributed by atoms with van der Waals surface area (Å²) in [6, 6.07) is 6.35. The zero-order chi connectivity index (χ0) is 16.9. The standard InChI is InChI=1S/C21H32N2O/c1-3-16-10-7-11-17(4-2)21(16)22-20(24)15-23-13-12-18-8-5-6-9-19(18)14-23/h7,10-11,18-19H,3-6,8-9,12-15H2,1-2H3,(H,22,24)/t18-,19+/m0/s1. The van der Waals surface area contributed by atoms with Gasteiger partial charge in [-0.3, -0.25) is 9.69 Å². The minimum absolute atomic E-state index is 0.153. The van der Waals surface area contributed by atoms with Crippen LogP contribution in [0, 0.1) is 11.8 Å². The predicted molar refractivity (Wildman–Crippen MR) is 100 cm³/mol. The largest absolute Gasteiger partial charge is 0.324 e. The molecule has 3 heteroatoms. The van der Waals surface area contributed by atoms with Crippen molar-refractivity contribution in [1.82, 2.24) is 4.90 Å². The Hall–Kier alpha value is -1.35. The maximum Gasteiger partial charge on any atom is 0.238 e. The minimum Gasteiger partial charge on any atom is -0.324 e. The number of hydrogen-bond acceptors (Lipinski definition) is 2. The molecule has 0 unspecified atom stereocenters. The summed E-state index contributed by atoms with van der Waals surface area (Å²) in [6.45, 7) is 7.06.